The first-order chi connectivity index (χ1) is 14.1. The van der Waals surface area contributed by atoms with Crippen LogP contribution in [0.3, 0.4) is 0 Å². The van der Waals surface area contributed by atoms with Crippen molar-refractivity contribution in [3.05, 3.63) is 53.7 Å². The molecule has 1 aromatic carbocycles. The maximum Gasteiger partial charge on any atom is 0.236 e. The number of anilines is 2. The number of aromatic nitrogens is 1. The molecule has 0 aliphatic carbocycles. The number of primary amides is 1. The van der Waals surface area contributed by atoms with Crippen LogP contribution in [-0.2, 0) is 16.0 Å². The summed E-state index contributed by atoms with van der Waals surface area (Å²) in [4.78, 5) is 31.1. The lowest BCUT2D eigenvalue weighted by Crippen LogP contribution is -2.38. The molecule has 1 aliphatic heterocycles. The van der Waals surface area contributed by atoms with E-state index in [1.165, 1.54) is 6.26 Å². The Labute approximate surface area is 172 Å². The Hall–Kier alpha value is -3.13. The molecule has 0 bridgehead atoms. The van der Waals surface area contributed by atoms with Crippen LogP contribution in [0.25, 0.3) is 10.8 Å². The van der Waals surface area contributed by atoms with Crippen molar-refractivity contribution in [3.63, 3.8) is 0 Å². The van der Waals surface area contributed by atoms with E-state index in [0.29, 0.717) is 11.6 Å². The van der Waals surface area contributed by atoms with Crippen LogP contribution in [0.2, 0.25) is 0 Å². The van der Waals surface area contributed by atoms with Crippen LogP contribution in [0.5, 0.6) is 0 Å². The number of benzene rings is 1. The van der Waals surface area contributed by atoms with Gasteiger partial charge < -0.3 is 20.4 Å². The molecule has 1 fully saturated rings. The molecule has 4 rings (SSSR count). The summed E-state index contributed by atoms with van der Waals surface area (Å²) >= 11 is 1.54. The minimum Gasteiger partial charge on any atom is -0.444 e. The number of rotatable bonds is 6. The van der Waals surface area contributed by atoms with E-state index in [0.717, 1.165) is 42.2 Å². The third kappa shape index (κ3) is 4.65. The highest BCUT2D eigenvalue weighted by Crippen LogP contribution is 2.25. The fourth-order valence-electron chi connectivity index (χ4n) is 3.45. The van der Waals surface area contributed by atoms with E-state index in [1.807, 2.05) is 41.8 Å². The number of piperidine rings is 1. The van der Waals surface area contributed by atoms with Gasteiger partial charge in [-0.25, -0.2) is 4.98 Å². The van der Waals surface area contributed by atoms with Gasteiger partial charge in [0.1, 0.15) is 6.26 Å². The number of oxazole rings is 1. The SMILES string of the molecule is NC(=O)C1CCN(c2ccc(NC(=O)Cc3coc(-c4cccs4)n3)cc2)CC1. The molecule has 3 N–H and O–H groups in total. The summed E-state index contributed by atoms with van der Waals surface area (Å²) in [5.74, 6) is 0.150. The molecule has 0 radical (unpaired) electrons. The second-order valence-corrected chi connectivity index (χ2v) is 8.00. The van der Waals surface area contributed by atoms with Crippen molar-refractivity contribution >= 4 is 34.5 Å². The van der Waals surface area contributed by atoms with Crippen LogP contribution >= 0.6 is 11.3 Å². The molecule has 1 aliphatic rings. The molecule has 3 heterocycles. The molecule has 150 valence electrons. The minimum atomic E-state index is -0.211. The van der Waals surface area contributed by atoms with Crippen molar-refractivity contribution in [2.75, 3.05) is 23.3 Å². The molecule has 8 heteroatoms. The highest BCUT2D eigenvalue weighted by atomic mass is 32.1. The van der Waals surface area contributed by atoms with E-state index >= 15 is 0 Å². The summed E-state index contributed by atoms with van der Waals surface area (Å²) in [6.07, 6.45) is 3.22. The third-order valence-electron chi connectivity index (χ3n) is 5.04. The smallest absolute Gasteiger partial charge is 0.236 e. The number of nitrogens with zero attached hydrogens (tertiary/aromatic N) is 2. The van der Waals surface area contributed by atoms with Gasteiger partial charge in [-0.05, 0) is 48.6 Å². The van der Waals surface area contributed by atoms with Gasteiger partial charge in [-0.1, -0.05) is 6.07 Å². The molecule has 2 aromatic heterocycles. The van der Waals surface area contributed by atoms with Crippen molar-refractivity contribution in [1.29, 1.82) is 0 Å². The van der Waals surface area contributed by atoms with Gasteiger partial charge in [0.2, 0.25) is 17.7 Å². The Morgan fingerprint density at radius 3 is 2.62 bits per heavy atom. The Kier molecular flexibility index (Phi) is 5.62. The molecule has 0 spiro atoms. The van der Waals surface area contributed by atoms with Crippen LogP contribution < -0.4 is 16.0 Å². The maximum absolute atomic E-state index is 12.3. The van der Waals surface area contributed by atoms with Crippen molar-refractivity contribution in [2.24, 2.45) is 11.7 Å². The van der Waals surface area contributed by atoms with Gasteiger partial charge in [-0.15, -0.1) is 11.3 Å². The van der Waals surface area contributed by atoms with E-state index < -0.39 is 0 Å². The quantitative estimate of drug-likeness (QED) is 0.649. The molecule has 2 amide bonds. The standard InChI is InChI=1S/C21H22N4O3S/c22-20(27)14-7-9-25(10-8-14)17-5-3-15(4-6-17)23-19(26)12-16-13-28-21(24-16)18-2-1-11-29-18/h1-6,11,13-14H,7-10,12H2,(H2,22,27)(H,23,26). The van der Waals surface area contributed by atoms with Crippen molar-refractivity contribution in [2.45, 2.75) is 19.3 Å². The van der Waals surface area contributed by atoms with Gasteiger partial charge in [-0.3, -0.25) is 9.59 Å². The number of nitrogens with two attached hydrogens (primary N) is 1. The van der Waals surface area contributed by atoms with E-state index in [9.17, 15) is 9.59 Å². The normalized spacial score (nSPS) is 14.7. The zero-order chi connectivity index (χ0) is 20.2. The number of hydrogen-bond acceptors (Lipinski definition) is 6. The topological polar surface area (TPSA) is 101 Å². The van der Waals surface area contributed by atoms with Crippen molar-refractivity contribution in [3.8, 4) is 10.8 Å². The first-order valence-corrected chi connectivity index (χ1v) is 10.4. The Balaban J connectivity index is 1.31. The summed E-state index contributed by atoms with van der Waals surface area (Å²) in [5.41, 5.74) is 7.79. The number of thiophene rings is 1. The summed E-state index contributed by atoms with van der Waals surface area (Å²) in [7, 11) is 0. The summed E-state index contributed by atoms with van der Waals surface area (Å²) in [6, 6.07) is 11.6. The largest absolute Gasteiger partial charge is 0.444 e. The molecule has 0 atom stereocenters. The molecule has 1 saturated heterocycles. The van der Waals surface area contributed by atoms with Crippen LogP contribution in [0.15, 0.2) is 52.5 Å². The average molecular weight is 410 g/mol. The van der Waals surface area contributed by atoms with Crippen LogP contribution in [0, 0.1) is 5.92 Å². The Bertz CT molecular complexity index is 974. The lowest BCUT2D eigenvalue weighted by molar-refractivity contribution is -0.122. The van der Waals surface area contributed by atoms with Gasteiger partial charge in [0.05, 0.1) is 17.0 Å². The predicted octanol–water partition coefficient (Wildman–Crippen LogP) is 3.29. The monoisotopic (exact) mass is 410 g/mol. The Morgan fingerprint density at radius 2 is 1.97 bits per heavy atom. The van der Waals surface area contributed by atoms with Gasteiger partial charge in [-0.2, -0.15) is 0 Å². The summed E-state index contributed by atoms with van der Waals surface area (Å²) in [5, 5.41) is 4.84. The van der Waals surface area contributed by atoms with E-state index in [2.05, 4.69) is 15.2 Å². The van der Waals surface area contributed by atoms with Crippen LogP contribution in [0.4, 0.5) is 11.4 Å². The van der Waals surface area contributed by atoms with Crippen molar-refractivity contribution in [1.82, 2.24) is 4.98 Å². The second kappa shape index (κ2) is 8.48. The molecular weight excluding hydrogens is 388 g/mol. The lowest BCUT2D eigenvalue weighted by Gasteiger charge is -2.32. The number of nitrogens with one attached hydrogen (secondary N) is 1. The average Bonchev–Trinajstić information content (AvgIpc) is 3.40. The first-order valence-electron chi connectivity index (χ1n) is 9.51. The minimum absolute atomic E-state index is 0.0262. The molecular formula is C21H22N4O3S. The highest BCUT2D eigenvalue weighted by Gasteiger charge is 2.23. The molecule has 29 heavy (non-hydrogen) atoms. The first kappa shape index (κ1) is 19.2. The second-order valence-electron chi connectivity index (χ2n) is 7.06. The van der Waals surface area contributed by atoms with Gasteiger partial charge >= 0.3 is 0 Å². The van der Waals surface area contributed by atoms with Gasteiger partial charge in [0, 0.05) is 30.4 Å². The van der Waals surface area contributed by atoms with Crippen LogP contribution in [-0.4, -0.2) is 29.9 Å². The molecule has 3 aromatic rings. The molecule has 0 saturated carbocycles. The van der Waals surface area contributed by atoms with E-state index in [-0.39, 0.29) is 24.2 Å². The fourth-order valence-corrected chi connectivity index (χ4v) is 4.10. The Morgan fingerprint density at radius 1 is 1.21 bits per heavy atom. The molecule has 0 unspecified atom stereocenters. The number of carbonyl (C=O) groups is 2. The lowest BCUT2D eigenvalue weighted by atomic mass is 9.96. The molecule has 7 nitrogen and oxygen atoms in total. The fraction of sp³-hybridized carbons (Fsp3) is 0.286. The van der Waals surface area contributed by atoms with E-state index in [4.69, 9.17) is 10.2 Å². The zero-order valence-electron chi connectivity index (χ0n) is 15.8. The van der Waals surface area contributed by atoms with Gasteiger partial charge in [0.15, 0.2) is 0 Å². The third-order valence-corrected chi connectivity index (χ3v) is 5.90. The number of hydrogen-bond donors (Lipinski definition) is 2. The highest BCUT2D eigenvalue weighted by molar-refractivity contribution is 7.13. The van der Waals surface area contributed by atoms with Gasteiger partial charge in [0.25, 0.3) is 0 Å². The number of carbonyl (C=O) groups excluding carboxylic acids is 2. The zero-order valence-corrected chi connectivity index (χ0v) is 16.7. The van der Waals surface area contributed by atoms with Crippen molar-refractivity contribution < 1.29 is 14.0 Å². The number of amides is 2. The summed E-state index contributed by atoms with van der Waals surface area (Å²) in [6.45, 7) is 1.61. The van der Waals surface area contributed by atoms with E-state index in [1.54, 1.807) is 11.3 Å². The maximum atomic E-state index is 12.3. The van der Waals surface area contributed by atoms with Crippen LogP contribution in [0.1, 0.15) is 18.5 Å². The predicted molar refractivity (Wildman–Crippen MR) is 113 cm³/mol. The summed E-state index contributed by atoms with van der Waals surface area (Å²) < 4.78 is 5.45.